The van der Waals surface area contributed by atoms with Crippen molar-refractivity contribution in [3.8, 4) is 0 Å². The number of carbonyl (C=O) groups is 1. The highest BCUT2D eigenvalue weighted by molar-refractivity contribution is 5.74. The summed E-state index contributed by atoms with van der Waals surface area (Å²) in [5.41, 5.74) is 0. The van der Waals surface area contributed by atoms with Crippen molar-refractivity contribution in [1.82, 2.24) is 25.0 Å². The van der Waals surface area contributed by atoms with Crippen LogP contribution in [0.15, 0.2) is 6.33 Å². The molecule has 2 aliphatic rings. The summed E-state index contributed by atoms with van der Waals surface area (Å²) in [4.78, 5) is 14.3. The number of urea groups is 1. The lowest BCUT2D eigenvalue weighted by atomic mass is 9.75. The van der Waals surface area contributed by atoms with Crippen LogP contribution in [0, 0.1) is 11.8 Å². The molecule has 0 unspecified atom stereocenters. The van der Waals surface area contributed by atoms with Gasteiger partial charge in [0.25, 0.3) is 0 Å². The predicted octanol–water partition coefficient (Wildman–Crippen LogP) is 2.02. The summed E-state index contributed by atoms with van der Waals surface area (Å²) in [5.74, 6) is 2.39. The topological polar surface area (TPSA) is 63.1 Å². The Kier molecular flexibility index (Phi) is 4.41. The van der Waals surface area contributed by atoms with Gasteiger partial charge in [0.1, 0.15) is 6.33 Å². The fourth-order valence-electron chi connectivity index (χ4n) is 3.73. The summed E-state index contributed by atoms with van der Waals surface area (Å²) in [5, 5.41) is 10.9. The second kappa shape index (κ2) is 6.45. The SMILES string of the molecule is CCn1cnnc1CNC(=O)N1CC[C@H]2CCCC[C@H]2C1. The Morgan fingerprint density at radius 2 is 2.14 bits per heavy atom. The average molecular weight is 291 g/mol. The standard InChI is InChI=1S/C15H25N5O/c1-2-19-11-17-18-14(19)9-16-15(21)20-8-7-12-5-3-4-6-13(12)10-20/h11-13H,2-10H2,1H3,(H,16,21)/t12-,13+/m1/s1. The molecule has 2 heterocycles. The van der Waals surface area contributed by atoms with Crippen LogP contribution in [-0.4, -0.2) is 38.8 Å². The maximum absolute atomic E-state index is 12.3. The minimum Gasteiger partial charge on any atom is -0.331 e. The molecule has 6 heteroatoms. The zero-order valence-corrected chi connectivity index (χ0v) is 12.8. The lowest BCUT2D eigenvalue weighted by molar-refractivity contribution is 0.102. The van der Waals surface area contributed by atoms with Gasteiger partial charge in [0, 0.05) is 19.6 Å². The minimum absolute atomic E-state index is 0.0460. The predicted molar refractivity (Wildman–Crippen MR) is 79.6 cm³/mol. The third kappa shape index (κ3) is 3.19. The average Bonchev–Trinajstić information content (AvgIpc) is 2.99. The fourth-order valence-corrected chi connectivity index (χ4v) is 3.73. The lowest BCUT2D eigenvalue weighted by Crippen LogP contribution is -2.48. The molecule has 2 amide bonds. The van der Waals surface area contributed by atoms with Crippen molar-refractivity contribution < 1.29 is 4.79 Å². The van der Waals surface area contributed by atoms with Gasteiger partial charge in [0.15, 0.2) is 5.82 Å². The third-order valence-electron chi connectivity index (χ3n) is 5.01. The third-order valence-corrected chi connectivity index (χ3v) is 5.01. The first kappa shape index (κ1) is 14.4. The zero-order valence-electron chi connectivity index (χ0n) is 12.8. The number of carbonyl (C=O) groups excluding carboxylic acids is 1. The number of nitrogens with one attached hydrogen (secondary N) is 1. The van der Waals surface area contributed by atoms with Crippen molar-refractivity contribution in [2.24, 2.45) is 11.8 Å². The van der Waals surface area contributed by atoms with E-state index in [4.69, 9.17) is 0 Å². The van der Waals surface area contributed by atoms with Crippen LogP contribution in [0.25, 0.3) is 0 Å². The number of aryl methyl sites for hydroxylation is 1. The van der Waals surface area contributed by atoms with E-state index in [-0.39, 0.29) is 6.03 Å². The second-order valence-corrected chi connectivity index (χ2v) is 6.23. The Morgan fingerprint density at radius 1 is 1.33 bits per heavy atom. The van der Waals surface area contributed by atoms with Gasteiger partial charge in [0.05, 0.1) is 6.54 Å². The molecule has 1 aromatic rings. The van der Waals surface area contributed by atoms with Gasteiger partial charge in [0.2, 0.25) is 0 Å². The smallest absolute Gasteiger partial charge is 0.317 e. The lowest BCUT2D eigenvalue weighted by Gasteiger charge is -2.41. The van der Waals surface area contributed by atoms with Gasteiger partial charge in [-0.2, -0.15) is 0 Å². The van der Waals surface area contributed by atoms with Crippen molar-refractivity contribution in [3.63, 3.8) is 0 Å². The zero-order chi connectivity index (χ0) is 14.7. The molecule has 1 saturated carbocycles. The molecule has 1 saturated heterocycles. The maximum Gasteiger partial charge on any atom is 0.317 e. The summed E-state index contributed by atoms with van der Waals surface area (Å²) in [7, 11) is 0. The highest BCUT2D eigenvalue weighted by atomic mass is 16.2. The van der Waals surface area contributed by atoms with Crippen LogP contribution in [-0.2, 0) is 13.1 Å². The summed E-state index contributed by atoms with van der Waals surface area (Å²) >= 11 is 0. The molecule has 21 heavy (non-hydrogen) atoms. The summed E-state index contributed by atoms with van der Waals surface area (Å²) in [6, 6.07) is 0.0460. The van der Waals surface area contributed by atoms with Crippen LogP contribution in [0.4, 0.5) is 4.79 Å². The number of fused-ring (bicyclic) bond motifs is 1. The molecule has 2 atom stereocenters. The molecule has 0 bridgehead atoms. The Hall–Kier alpha value is -1.59. The number of piperidine rings is 1. The van der Waals surface area contributed by atoms with Crippen LogP contribution >= 0.6 is 0 Å². The van der Waals surface area contributed by atoms with Gasteiger partial charge in [-0.3, -0.25) is 0 Å². The number of aromatic nitrogens is 3. The molecule has 1 aliphatic heterocycles. The van der Waals surface area contributed by atoms with Crippen LogP contribution in [0.5, 0.6) is 0 Å². The molecule has 2 fully saturated rings. The van der Waals surface area contributed by atoms with Crippen LogP contribution < -0.4 is 5.32 Å². The monoisotopic (exact) mass is 291 g/mol. The summed E-state index contributed by atoms with van der Waals surface area (Å²) in [6.45, 7) is 5.15. The van der Waals surface area contributed by atoms with Gasteiger partial charge < -0.3 is 14.8 Å². The van der Waals surface area contributed by atoms with E-state index in [0.29, 0.717) is 6.54 Å². The first-order valence-electron chi connectivity index (χ1n) is 8.17. The van der Waals surface area contributed by atoms with E-state index in [9.17, 15) is 4.79 Å². The molecule has 6 nitrogen and oxygen atoms in total. The molecule has 116 valence electrons. The number of amides is 2. The molecule has 1 aromatic heterocycles. The van der Waals surface area contributed by atoms with Gasteiger partial charge in [-0.15, -0.1) is 10.2 Å². The molecular formula is C15H25N5O. The molecule has 1 N–H and O–H groups in total. The minimum atomic E-state index is 0.0460. The maximum atomic E-state index is 12.3. The van der Waals surface area contributed by atoms with Crippen LogP contribution in [0.3, 0.4) is 0 Å². The van der Waals surface area contributed by atoms with E-state index in [1.54, 1.807) is 6.33 Å². The molecule has 0 radical (unpaired) electrons. The molecule has 3 rings (SSSR count). The first-order valence-corrected chi connectivity index (χ1v) is 8.17. The molecule has 0 spiro atoms. The number of rotatable bonds is 3. The van der Waals surface area contributed by atoms with Gasteiger partial charge >= 0.3 is 6.03 Å². The molecular weight excluding hydrogens is 266 g/mol. The summed E-state index contributed by atoms with van der Waals surface area (Å²) in [6.07, 6.45) is 8.23. The van der Waals surface area contributed by atoms with Crippen molar-refractivity contribution in [2.75, 3.05) is 13.1 Å². The quantitative estimate of drug-likeness (QED) is 0.926. The van der Waals surface area contributed by atoms with Crippen molar-refractivity contribution >= 4 is 6.03 Å². The van der Waals surface area contributed by atoms with Crippen molar-refractivity contribution in [2.45, 2.75) is 52.1 Å². The highest BCUT2D eigenvalue weighted by Gasteiger charge is 2.32. The number of hydrogen-bond acceptors (Lipinski definition) is 3. The largest absolute Gasteiger partial charge is 0.331 e. The van der Waals surface area contributed by atoms with E-state index in [1.807, 2.05) is 16.4 Å². The Labute approximate surface area is 125 Å². The van der Waals surface area contributed by atoms with Gasteiger partial charge in [-0.1, -0.05) is 19.3 Å². The normalized spacial score (nSPS) is 25.5. The highest BCUT2D eigenvalue weighted by Crippen LogP contribution is 2.35. The van der Waals surface area contributed by atoms with Crippen LogP contribution in [0.1, 0.15) is 44.9 Å². The Balaban J connectivity index is 1.51. The van der Waals surface area contributed by atoms with Crippen molar-refractivity contribution in [3.05, 3.63) is 12.2 Å². The van der Waals surface area contributed by atoms with Crippen LogP contribution in [0.2, 0.25) is 0 Å². The second-order valence-electron chi connectivity index (χ2n) is 6.23. The van der Waals surface area contributed by atoms with Gasteiger partial charge in [-0.25, -0.2) is 4.79 Å². The number of hydrogen-bond donors (Lipinski definition) is 1. The molecule has 1 aliphatic carbocycles. The Morgan fingerprint density at radius 3 is 2.95 bits per heavy atom. The Bertz CT molecular complexity index is 486. The first-order chi connectivity index (χ1) is 10.3. The number of nitrogens with zero attached hydrogens (tertiary/aromatic N) is 4. The summed E-state index contributed by atoms with van der Waals surface area (Å²) < 4.78 is 1.95. The van der Waals surface area contributed by atoms with Gasteiger partial charge in [-0.05, 0) is 31.6 Å². The fraction of sp³-hybridized carbons (Fsp3) is 0.800. The van der Waals surface area contributed by atoms with E-state index in [1.165, 1.54) is 32.1 Å². The van der Waals surface area contributed by atoms with E-state index >= 15 is 0 Å². The van der Waals surface area contributed by atoms with E-state index in [0.717, 1.165) is 37.3 Å². The number of likely N-dealkylation sites (tertiary alicyclic amines) is 1. The van der Waals surface area contributed by atoms with E-state index < -0.39 is 0 Å². The van der Waals surface area contributed by atoms with Crippen molar-refractivity contribution in [1.29, 1.82) is 0 Å². The molecule has 0 aromatic carbocycles. The van der Waals surface area contributed by atoms with E-state index in [2.05, 4.69) is 15.5 Å².